The number of benzene rings is 2. The summed E-state index contributed by atoms with van der Waals surface area (Å²) in [6.45, 7) is 1.25. The average molecular weight is 370 g/mol. The maximum atomic E-state index is 12.9. The molecule has 0 bridgehead atoms. The lowest BCUT2D eigenvalue weighted by Crippen LogP contribution is -2.31. The number of hydrogen-bond acceptors (Lipinski definition) is 3. The van der Waals surface area contributed by atoms with Crippen LogP contribution in [0.4, 0.5) is 4.39 Å². The Balaban J connectivity index is 1.91. The van der Waals surface area contributed by atoms with Gasteiger partial charge < -0.3 is 10.1 Å². The van der Waals surface area contributed by atoms with Gasteiger partial charge in [0, 0.05) is 0 Å². The Morgan fingerprint density at radius 1 is 1.12 bits per heavy atom. The Morgan fingerprint density at radius 2 is 1.71 bits per heavy atom. The van der Waals surface area contributed by atoms with Crippen LogP contribution in [0.3, 0.4) is 0 Å². The van der Waals surface area contributed by atoms with Gasteiger partial charge in [-0.2, -0.15) is 0 Å². The van der Waals surface area contributed by atoms with E-state index >= 15 is 0 Å². The second-order valence-corrected chi connectivity index (χ2v) is 5.83. The molecule has 0 aliphatic heterocycles. The molecule has 0 fully saturated rings. The van der Waals surface area contributed by atoms with Crippen molar-refractivity contribution in [3.63, 3.8) is 0 Å². The lowest BCUT2D eigenvalue weighted by molar-refractivity contribution is -0.124. The van der Waals surface area contributed by atoms with E-state index in [9.17, 15) is 14.0 Å². The Bertz CT molecular complexity index is 730. The summed E-state index contributed by atoms with van der Waals surface area (Å²) in [4.78, 5) is 23.8. The van der Waals surface area contributed by atoms with E-state index in [1.54, 1.807) is 25.1 Å². The molecule has 1 N–H and O–H groups in total. The van der Waals surface area contributed by atoms with Crippen molar-refractivity contribution in [1.82, 2.24) is 5.32 Å². The highest BCUT2D eigenvalue weighted by Crippen LogP contribution is 2.24. The fourth-order valence-electron chi connectivity index (χ4n) is 2.01. The summed E-state index contributed by atoms with van der Waals surface area (Å²) in [5.74, 6) is -1.64. The lowest BCUT2D eigenvalue weighted by Gasteiger charge is -2.14. The van der Waals surface area contributed by atoms with Crippen LogP contribution in [0.25, 0.3) is 0 Å². The van der Waals surface area contributed by atoms with Crippen LogP contribution in [0.5, 0.6) is 0 Å². The minimum atomic E-state index is -0.782. The Hall–Kier alpha value is -2.11. The largest absolute Gasteiger partial charge is 0.452 e. The summed E-state index contributed by atoms with van der Waals surface area (Å²) >= 11 is 11.8. The summed E-state index contributed by atoms with van der Waals surface area (Å²) in [5.41, 5.74) is 0.741. The molecule has 0 unspecified atom stereocenters. The number of amides is 1. The number of carbonyl (C=O) groups excluding carboxylic acids is 2. The van der Waals surface area contributed by atoms with Crippen LogP contribution in [0.2, 0.25) is 10.0 Å². The zero-order valence-electron chi connectivity index (χ0n) is 12.7. The summed E-state index contributed by atoms with van der Waals surface area (Å²) in [7, 11) is 0. The molecule has 4 nitrogen and oxygen atoms in total. The molecule has 0 aliphatic carbocycles. The van der Waals surface area contributed by atoms with Gasteiger partial charge in [-0.05, 0) is 36.8 Å². The minimum absolute atomic E-state index is 0.0141. The zero-order valence-corrected chi connectivity index (χ0v) is 14.2. The fourth-order valence-corrected chi connectivity index (χ4v) is 2.57. The molecule has 0 heterocycles. The molecule has 0 saturated heterocycles. The Morgan fingerprint density at radius 3 is 2.29 bits per heavy atom. The number of hydrogen-bond donors (Lipinski definition) is 1. The van der Waals surface area contributed by atoms with Crippen molar-refractivity contribution in [2.45, 2.75) is 13.0 Å². The molecule has 2 aromatic carbocycles. The average Bonchev–Trinajstić information content (AvgIpc) is 2.53. The van der Waals surface area contributed by atoms with Crippen molar-refractivity contribution < 1.29 is 18.7 Å². The van der Waals surface area contributed by atoms with Crippen molar-refractivity contribution in [2.75, 3.05) is 6.61 Å². The first-order valence-electron chi connectivity index (χ1n) is 7.04. The molecule has 126 valence electrons. The molecule has 2 aromatic rings. The predicted molar refractivity (Wildman–Crippen MR) is 89.7 cm³/mol. The fraction of sp³-hybridized carbons (Fsp3) is 0.176. The number of nitrogens with one attached hydrogen (secondary N) is 1. The molecule has 0 aliphatic rings. The van der Waals surface area contributed by atoms with E-state index in [-0.39, 0.29) is 27.5 Å². The van der Waals surface area contributed by atoms with Crippen LogP contribution in [0.1, 0.15) is 28.9 Å². The van der Waals surface area contributed by atoms with Gasteiger partial charge in [-0.3, -0.25) is 4.79 Å². The summed E-state index contributed by atoms with van der Waals surface area (Å²) in [6, 6.07) is 9.97. The van der Waals surface area contributed by atoms with Gasteiger partial charge in [0.15, 0.2) is 6.61 Å². The summed E-state index contributed by atoms with van der Waals surface area (Å²) in [5, 5.41) is 2.94. The van der Waals surface area contributed by atoms with E-state index in [0.717, 1.165) is 5.56 Å². The SMILES string of the molecule is C[C@H](NC(=O)COC(=O)c1c(Cl)cccc1Cl)c1ccc(F)cc1. The number of esters is 1. The van der Waals surface area contributed by atoms with E-state index in [0.29, 0.717) is 0 Å². The molecule has 0 spiro atoms. The van der Waals surface area contributed by atoms with Crippen molar-refractivity contribution in [3.05, 3.63) is 69.5 Å². The third-order valence-corrected chi connectivity index (χ3v) is 3.88. The van der Waals surface area contributed by atoms with E-state index in [4.69, 9.17) is 27.9 Å². The van der Waals surface area contributed by atoms with Crippen molar-refractivity contribution >= 4 is 35.1 Å². The smallest absolute Gasteiger partial charge is 0.341 e. The van der Waals surface area contributed by atoms with Gasteiger partial charge in [-0.25, -0.2) is 9.18 Å². The van der Waals surface area contributed by atoms with E-state index in [1.165, 1.54) is 24.3 Å². The van der Waals surface area contributed by atoms with Crippen LogP contribution >= 0.6 is 23.2 Å². The maximum Gasteiger partial charge on any atom is 0.341 e. The second-order valence-electron chi connectivity index (χ2n) is 5.01. The van der Waals surface area contributed by atoms with Crippen LogP contribution in [0.15, 0.2) is 42.5 Å². The van der Waals surface area contributed by atoms with Gasteiger partial charge in [0.1, 0.15) is 5.82 Å². The number of halogens is 3. The van der Waals surface area contributed by atoms with E-state index in [2.05, 4.69) is 5.32 Å². The van der Waals surface area contributed by atoms with Crippen molar-refractivity contribution in [1.29, 1.82) is 0 Å². The molecule has 0 aromatic heterocycles. The van der Waals surface area contributed by atoms with E-state index in [1.807, 2.05) is 0 Å². The first-order chi connectivity index (χ1) is 11.4. The van der Waals surface area contributed by atoms with Gasteiger partial charge in [0.25, 0.3) is 5.91 Å². The normalized spacial score (nSPS) is 11.7. The Kier molecular flexibility index (Phi) is 6.17. The number of rotatable bonds is 5. The van der Waals surface area contributed by atoms with Crippen molar-refractivity contribution in [3.8, 4) is 0 Å². The predicted octanol–water partition coefficient (Wildman–Crippen LogP) is 4.17. The Labute approximate surface area is 148 Å². The van der Waals surface area contributed by atoms with Gasteiger partial charge >= 0.3 is 5.97 Å². The highest BCUT2D eigenvalue weighted by atomic mass is 35.5. The number of ether oxygens (including phenoxy) is 1. The molecule has 0 radical (unpaired) electrons. The van der Waals surface area contributed by atoms with Gasteiger partial charge in [0.05, 0.1) is 21.7 Å². The van der Waals surface area contributed by atoms with Crippen LogP contribution in [0, 0.1) is 5.82 Å². The molecule has 7 heteroatoms. The number of carbonyl (C=O) groups is 2. The molecule has 0 saturated carbocycles. The minimum Gasteiger partial charge on any atom is -0.452 e. The molecule has 1 amide bonds. The van der Waals surface area contributed by atoms with Crippen LogP contribution < -0.4 is 5.32 Å². The molecular weight excluding hydrogens is 356 g/mol. The standard InChI is InChI=1S/C17H14Cl2FNO3/c1-10(11-5-7-12(20)8-6-11)21-15(22)9-24-17(23)16-13(18)3-2-4-14(16)19/h2-8,10H,9H2,1H3,(H,21,22)/t10-/m0/s1. The monoisotopic (exact) mass is 369 g/mol. The topological polar surface area (TPSA) is 55.4 Å². The highest BCUT2D eigenvalue weighted by molar-refractivity contribution is 6.39. The molecular formula is C17H14Cl2FNO3. The first kappa shape index (κ1) is 18.2. The third kappa shape index (κ3) is 4.69. The summed E-state index contributed by atoms with van der Waals surface area (Å²) < 4.78 is 17.8. The maximum absolute atomic E-state index is 12.9. The molecule has 2 rings (SSSR count). The summed E-state index contributed by atoms with van der Waals surface area (Å²) in [6.07, 6.45) is 0. The zero-order chi connectivity index (χ0) is 17.7. The highest BCUT2D eigenvalue weighted by Gasteiger charge is 2.18. The quantitative estimate of drug-likeness (QED) is 0.804. The van der Waals surface area contributed by atoms with E-state index < -0.39 is 18.5 Å². The molecule has 1 atom stereocenters. The van der Waals surface area contributed by atoms with Gasteiger partial charge in [-0.15, -0.1) is 0 Å². The van der Waals surface area contributed by atoms with Crippen LogP contribution in [-0.2, 0) is 9.53 Å². The lowest BCUT2D eigenvalue weighted by atomic mass is 10.1. The second kappa shape index (κ2) is 8.13. The molecule has 24 heavy (non-hydrogen) atoms. The van der Waals surface area contributed by atoms with Gasteiger partial charge in [-0.1, -0.05) is 41.4 Å². The van der Waals surface area contributed by atoms with Crippen molar-refractivity contribution in [2.24, 2.45) is 0 Å². The van der Waals surface area contributed by atoms with Crippen LogP contribution in [-0.4, -0.2) is 18.5 Å². The van der Waals surface area contributed by atoms with Gasteiger partial charge in [0.2, 0.25) is 0 Å². The third-order valence-electron chi connectivity index (χ3n) is 3.25. The first-order valence-corrected chi connectivity index (χ1v) is 7.80.